The number of carbonyl (C=O) groups is 2. The van der Waals surface area contributed by atoms with Gasteiger partial charge in [-0.1, -0.05) is 0 Å². The van der Waals surface area contributed by atoms with Crippen molar-refractivity contribution in [2.24, 2.45) is 0 Å². The fourth-order valence-corrected chi connectivity index (χ4v) is 2.23. The summed E-state index contributed by atoms with van der Waals surface area (Å²) >= 11 is 1.16. The molecule has 0 saturated heterocycles. The molecule has 2 aromatic rings. The van der Waals surface area contributed by atoms with E-state index in [0.717, 1.165) is 17.4 Å². The molecule has 1 heterocycles. The second-order valence-corrected chi connectivity index (χ2v) is 4.72. The Morgan fingerprint density at radius 2 is 2.10 bits per heavy atom. The van der Waals surface area contributed by atoms with E-state index in [1.54, 1.807) is 5.38 Å². The number of hydrogen-bond acceptors (Lipinski definition) is 4. The molecule has 0 atom stereocenters. The Morgan fingerprint density at radius 1 is 1.35 bits per heavy atom. The average molecular weight is 295 g/mol. The van der Waals surface area contributed by atoms with Crippen molar-refractivity contribution in [3.8, 4) is 5.75 Å². The zero-order valence-electron chi connectivity index (χ0n) is 10.3. The van der Waals surface area contributed by atoms with E-state index in [2.05, 4.69) is 5.32 Å². The van der Waals surface area contributed by atoms with Crippen LogP contribution in [0.4, 0.5) is 10.1 Å². The molecule has 20 heavy (non-hydrogen) atoms. The fraction of sp³-hybridized carbons (Fsp3) is 0.0769. The highest BCUT2D eigenvalue weighted by atomic mass is 32.1. The van der Waals surface area contributed by atoms with Crippen LogP contribution >= 0.6 is 11.3 Å². The summed E-state index contributed by atoms with van der Waals surface area (Å²) in [4.78, 5) is 22.9. The first-order valence-electron chi connectivity index (χ1n) is 5.48. The van der Waals surface area contributed by atoms with Gasteiger partial charge in [0.1, 0.15) is 11.6 Å². The Hall–Kier alpha value is -2.41. The highest BCUT2D eigenvalue weighted by Crippen LogP contribution is 2.23. The van der Waals surface area contributed by atoms with Gasteiger partial charge in [0.05, 0.1) is 23.2 Å². The number of nitrogens with one attached hydrogen (secondary N) is 1. The largest absolute Gasteiger partial charge is 0.496 e. The minimum Gasteiger partial charge on any atom is -0.496 e. The molecule has 7 heteroatoms. The third-order valence-electron chi connectivity index (χ3n) is 2.50. The first-order chi connectivity index (χ1) is 9.51. The number of aromatic carboxylic acids is 1. The molecule has 0 saturated carbocycles. The van der Waals surface area contributed by atoms with Crippen molar-refractivity contribution in [3.63, 3.8) is 0 Å². The molecule has 5 nitrogen and oxygen atoms in total. The van der Waals surface area contributed by atoms with Gasteiger partial charge >= 0.3 is 5.97 Å². The maximum atomic E-state index is 13.7. The van der Waals surface area contributed by atoms with E-state index < -0.39 is 17.7 Å². The van der Waals surface area contributed by atoms with Crippen molar-refractivity contribution >= 4 is 28.9 Å². The van der Waals surface area contributed by atoms with Gasteiger partial charge in [0.2, 0.25) is 0 Å². The van der Waals surface area contributed by atoms with Gasteiger partial charge in [0.25, 0.3) is 5.91 Å². The third-order valence-corrected chi connectivity index (χ3v) is 3.41. The monoisotopic (exact) mass is 295 g/mol. The molecule has 0 fully saturated rings. The first kappa shape index (κ1) is 14.0. The molecule has 0 aliphatic heterocycles. The van der Waals surface area contributed by atoms with Gasteiger partial charge in [-0.3, -0.25) is 4.79 Å². The predicted molar refractivity (Wildman–Crippen MR) is 72.2 cm³/mol. The molecule has 1 aromatic carbocycles. The molecule has 0 unspecified atom stereocenters. The smallest absolute Gasteiger partial charge is 0.335 e. The van der Waals surface area contributed by atoms with Crippen molar-refractivity contribution in [1.29, 1.82) is 0 Å². The van der Waals surface area contributed by atoms with E-state index in [1.807, 2.05) is 0 Å². The summed E-state index contributed by atoms with van der Waals surface area (Å²) in [6.45, 7) is 0. The maximum Gasteiger partial charge on any atom is 0.335 e. The number of rotatable bonds is 4. The zero-order chi connectivity index (χ0) is 14.7. The summed E-state index contributed by atoms with van der Waals surface area (Å²) in [5.74, 6) is -1.98. The summed E-state index contributed by atoms with van der Waals surface area (Å²) in [5, 5.41) is 12.8. The molecule has 2 N–H and O–H groups in total. The van der Waals surface area contributed by atoms with Crippen LogP contribution in [0, 0.1) is 5.82 Å². The maximum absolute atomic E-state index is 13.7. The van der Waals surface area contributed by atoms with Crippen LogP contribution in [0.1, 0.15) is 20.0 Å². The van der Waals surface area contributed by atoms with Crippen LogP contribution in [-0.2, 0) is 0 Å². The minimum atomic E-state index is -1.23. The van der Waals surface area contributed by atoms with Crippen molar-refractivity contribution in [2.45, 2.75) is 0 Å². The summed E-state index contributed by atoms with van der Waals surface area (Å²) in [6.07, 6.45) is 0. The number of thiophene rings is 1. The highest BCUT2D eigenvalue weighted by molar-refractivity contribution is 7.12. The topological polar surface area (TPSA) is 75.6 Å². The lowest BCUT2D eigenvalue weighted by Crippen LogP contribution is -2.12. The summed E-state index contributed by atoms with van der Waals surface area (Å²) in [7, 11) is 1.48. The number of carboxylic acid groups (broad SMARTS) is 1. The molecule has 2 rings (SSSR count). The van der Waals surface area contributed by atoms with Gasteiger partial charge in [-0.2, -0.15) is 0 Å². The molecular weight excluding hydrogens is 285 g/mol. The van der Waals surface area contributed by atoms with Gasteiger partial charge in [0, 0.05) is 11.4 Å². The second kappa shape index (κ2) is 5.70. The van der Waals surface area contributed by atoms with Crippen LogP contribution in [0.5, 0.6) is 5.75 Å². The van der Waals surface area contributed by atoms with Crippen LogP contribution in [0.2, 0.25) is 0 Å². The van der Waals surface area contributed by atoms with Crippen molar-refractivity contribution < 1.29 is 23.8 Å². The number of halogens is 1. The zero-order valence-corrected chi connectivity index (χ0v) is 11.2. The van der Waals surface area contributed by atoms with Gasteiger partial charge in [-0.15, -0.1) is 11.3 Å². The number of amides is 1. The first-order valence-corrected chi connectivity index (χ1v) is 6.36. The molecule has 0 aliphatic carbocycles. The predicted octanol–water partition coefficient (Wildman–Crippen LogP) is 2.85. The summed E-state index contributed by atoms with van der Waals surface area (Å²) in [5.41, 5.74) is -0.259. The van der Waals surface area contributed by atoms with Crippen LogP contribution in [-0.4, -0.2) is 24.1 Å². The molecular formula is C13H10FNO4S. The van der Waals surface area contributed by atoms with Crippen LogP contribution in [0.15, 0.2) is 29.6 Å². The standard InChI is InChI=1S/C13H10FNO4S/c1-19-8-5-11(20-6-8)12(16)15-10-3-2-7(13(17)18)4-9(10)14/h2-6H,1H3,(H,15,16)(H,17,18). The Labute approximate surface area is 117 Å². The minimum absolute atomic E-state index is 0.0765. The van der Waals surface area contributed by atoms with E-state index in [9.17, 15) is 14.0 Å². The lowest BCUT2D eigenvalue weighted by Gasteiger charge is -2.05. The number of carbonyl (C=O) groups excluding carboxylic acids is 1. The summed E-state index contributed by atoms with van der Waals surface area (Å²) < 4.78 is 18.6. The quantitative estimate of drug-likeness (QED) is 0.909. The lowest BCUT2D eigenvalue weighted by atomic mass is 10.2. The molecule has 0 spiro atoms. The number of methoxy groups -OCH3 is 1. The average Bonchev–Trinajstić information content (AvgIpc) is 2.89. The van der Waals surface area contributed by atoms with Crippen molar-refractivity contribution in [3.05, 3.63) is 45.9 Å². The Balaban J connectivity index is 2.17. The van der Waals surface area contributed by atoms with Gasteiger partial charge < -0.3 is 15.2 Å². The van der Waals surface area contributed by atoms with Gasteiger partial charge in [0.15, 0.2) is 0 Å². The molecule has 0 aliphatic rings. The number of ether oxygens (including phenoxy) is 1. The van der Waals surface area contributed by atoms with E-state index in [1.165, 1.54) is 25.3 Å². The Bertz CT molecular complexity index is 668. The van der Waals surface area contributed by atoms with Gasteiger partial charge in [-0.25, -0.2) is 9.18 Å². The number of benzene rings is 1. The highest BCUT2D eigenvalue weighted by Gasteiger charge is 2.13. The SMILES string of the molecule is COc1csc(C(=O)Nc2ccc(C(=O)O)cc2F)c1. The summed E-state index contributed by atoms with van der Waals surface area (Å²) in [6, 6.07) is 4.81. The lowest BCUT2D eigenvalue weighted by molar-refractivity contribution is 0.0696. The van der Waals surface area contributed by atoms with Crippen LogP contribution in [0.3, 0.4) is 0 Å². The third kappa shape index (κ3) is 2.94. The molecule has 0 bridgehead atoms. The molecule has 1 amide bonds. The van der Waals surface area contributed by atoms with E-state index in [0.29, 0.717) is 10.6 Å². The van der Waals surface area contributed by atoms with Crippen LogP contribution < -0.4 is 10.1 Å². The molecule has 104 valence electrons. The Morgan fingerprint density at radius 3 is 2.65 bits per heavy atom. The molecule has 0 radical (unpaired) electrons. The van der Waals surface area contributed by atoms with Crippen molar-refractivity contribution in [2.75, 3.05) is 12.4 Å². The Kier molecular flexibility index (Phi) is 3.99. The number of carboxylic acids is 1. The van der Waals surface area contributed by atoms with Crippen LogP contribution in [0.25, 0.3) is 0 Å². The fourth-order valence-electron chi connectivity index (χ4n) is 1.48. The number of hydrogen-bond donors (Lipinski definition) is 2. The van der Waals surface area contributed by atoms with E-state index >= 15 is 0 Å². The van der Waals surface area contributed by atoms with E-state index in [-0.39, 0.29) is 11.3 Å². The second-order valence-electron chi connectivity index (χ2n) is 3.80. The normalized spacial score (nSPS) is 10.1. The van der Waals surface area contributed by atoms with Crippen molar-refractivity contribution in [1.82, 2.24) is 0 Å². The number of anilines is 1. The van der Waals surface area contributed by atoms with E-state index in [4.69, 9.17) is 9.84 Å². The van der Waals surface area contributed by atoms with Gasteiger partial charge in [-0.05, 0) is 18.2 Å². The molecule has 1 aromatic heterocycles.